The second-order valence-electron chi connectivity index (χ2n) is 7.94. The minimum atomic E-state index is -0.536. The lowest BCUT2D eigenvalue weighted by Crippen LogP contribution is -2.53. The van der Waals surface area contributed by atoms with Gasteiger partial charge in [0.25, 0.3) is 5.91 Å². The van der Waals surface area contributed by atoms with E-state index in [1.54, 1.807) is 12.0 Å². The molecule has 1 heterocycles. The van der Waals surface area contributed by atoms with Crippen molar-refractivity contribution >= 4 is 11.9 Å². The Labute approximate surface area is 165 Å². The number of likely N-dealkylation sites (tertiary alicyclic amines) is 1. The fourth-order valence-corrected chi connectivity index (χ4v) is 4.14. The van der Waals surface area contributed by atoms with Crippen LogP contribution in [0.15, 0.2) is 24.3 Å². The van der Waals surface area contributed by atoms with Crippen LogP contribution >= 0.6 is 0 Å². The Morgan fingerprint density at radius 3 is 2.61 bits per heavy atom. The Morgan fingerprint density at radius 1 is 1.21 bits per heavy atom. The molecule has 0 bridgehead atoms. The molecule has 6 nitrogen and oxygen atoms in total. The third kappa shape index (κ3) is 5.22. The molecule has 1 atom stereocenters. The number of carbonyl (C=O) groups is 2. The van der Waals surface area contributed by atoms with E-state index in [-0.39, 0.29) is 23.8 Å². The Balaban J connectivity index is 1.63. The van der Waals surface area contributed by atoms with E-state index in [1.807, 2.05) is 0 Å². The van der Waals surface area contributed by atoms with Crippen molar-refractivity contribution in [2.75, 3.05) is 26.8 Å². The largest absolute Gasteiger partial charge is 0.385 e. The van der Waals surface area contributed by atoms with Crippen LogP contribution in [-0.2, 0) is 4.74 Å². The molecule has 0 aromatic heterocycles. The van der Waals surface area contributed by atoms with Crippen molar-refractivity contribution in [1.29, 1.82) is 0 Å². The molecule has 1 aliphatic carbocycles. The van der Waals surface area contributed by atoms with Gasteiger partial charge in [-0.1, -0.05) is 19.3 Å². The zero-order chi connectivity index (χ0) is 20.0. The standard InChI is InChI=1S/C21H30FN3O3/c1-28-14-12-21(24-19(26)16-7-9-17(22)10-8-16)11-13-25(15-21)20(27)23-18-5-3-2-4-6-18/h7-10,18H,2-6,11-15H2,1H3,(H,23,27)(H,24,26). The van der Waals surface area contributed by atoms with Gasteiger partial charge in [0.2, 0.25) is 0 Å². The van der Waals surface area contributed by atoms with E-state index in [0.717, 1.165) is 25.7 Å². The summed E-state index contributed by atoms with van der Waals surface area (Å²) in [6.45, 7) is 1.52. The molecule has 1 aliphatic heterocycles. The minimum absolute atomic E-state index is 0.0535. The van der Waals surface area contributed by atoms with Gasteiger partial charge in [-0.2, -0.15) is 0 Å². The van der Waals surface area contributed by atoms with E-state index in [0.29, 0.717) is 38.1 Å². The highest BCUT2D eigenvalue weighted by molar-refractivity contribution is 5.94. The number of methoxy groups -OCH3 is 1. The van der Waals surface area contributed by atoms with Gasteiger partial charge in [0.15, 0.2) is 0 Å². The summed E-state index contributed by atoms with van der Waals surface area (Å²) in [6.07, 6.45) is 6.93. The van der Waals surface area contributed by atoms with Crippen molar-refractivity contribution in [2.45, 2.75) is 56.5 Å². The number of halogens is 1. The summed E-state index contributed by atoms with van der Waals surface area (Å²) in [6, 6.07) is 5.69. The number of rotatable bonds is 6. The summed E-state index contributed by atoms with van der Waals surface area (Å²) in [4.78, 5) is 27.2. The van der Waals surface area contributed by atoms with Gasteiger partial charge in [0, 0.05) is 38.4 Å². The summed E-state index contributed by atoms with van der Waals surface area (Å²) >= 11 is 0. The molecule has 2 fully saturated rings. The third-order valence-electron chi connectivity index (χ3n) is 5.84. The highest BCUT2D eigenvalue weighted by atomic mass is 19.1. The minimum Gasteiger partial charge on any atom is -0.385 e. The number of benzene rings is 1. The summed E-state index contributed by atoms with van der Waals surface area (Å²) < 4.78 is 18.4. The molecule has 1 saturated carbocycles. The van der Waals surface area contributed by atoms with Crippen LogP contribution in [-0.4, -0.2) is 55.2 Å². The van der Waals surface area contributed by atoms with Gasteiger partial charge in [-0.15, -0.1) is 0 Å². The Morgan fingerprint density at radius 2 is 1.93 bits per heavy atom. The maximum atomic E-state index is 13.1. The number of amides is 3. The first kappa shape index (κ1) is 20.6. The van der Waals surface area contributed by atoms with Crippen molar-refractivity contribution in [3.05, 3.63) is 35.6 Å². The van der Waals surface area contributed by atoms with E-state index < -0.39 is 5.54 Å². The second kappa shape index (κ2) is 9.37. The number of hydrogen-bond acceptors (Lipinski definition) is 3. The molecular formula is C21H30FN3O3. The lowest BCUT2D eigenvalue weighted by molar-refractivity contribution is 0.0866. The van der Waals surface area contributed by atoms with Crippen LogP contribution in [0.3, 0.4) is 0 Å². The van der Waals surface area contributed by atoms with Crippen molar-refractivity contribution in [3.8, 4) is 0 Å². The van der Waals surface area contributed by atoms with Crippen molar-refractivity contribution in [3.63, 3.8) is 0 Å². The second-order valence-corrected chi connectivity index (χ2v) is 7.94. The van der Waals surface area contributed by atoms with Gasteiger partial charge in [-0.25, -0.2) is 9.18 Å². The highest BCUT2D eigenvalue weighted by Gasteiger charge is 2.41. The molecule has 154 valence electrons. The van der Waals surface area contributed by atoms with Gasteiger partial charge in [-0.05, 0) is 49.9 Å². The Bertz CT molecular complexity index is 676. The molecule has 28 heavy (non-hydrogen) atoms. The molecule has 1 aromatic rings. The molecule has 3 amide bonds. The molecule has 2 aliphatic rings. The first-order valence-corrected chi connectivity index (χ1v) is 10.1. The smallest absolute Gasteiger partial charge is 0.317 e. The molecule has 3 rings (SSSR count). The molecule has 0 spiro atoms. The molecule has 7 heteroatoms. The van der Waals surface area contributed by atoms with Gasteiger partial charge >= 0.3 is 6.03 Å². The number of carbonyl (C=O) groups excluding carboxylic acids is 2. The average Bonchev–Trinajstić information content (AvgIpc) is 3.12. The summed E-state index contributed by atoms with van der Waals surface area (Å²) in [7, 11) is 1.62. The van der Waals surface area contributed by atoms with Gasteiger partial charge < -0.3 is 20.3 Å². The normalized spacial score (nSPS) is 22.9. The number of urea groups is 1. The van der Waals surface area contributed by atoms with E-state index in [2.05, 4.69) is 10.6 Å². The quantitative estimate of drug-likeness (QED) is 0.783. The van der Waals surface area contributed by atoms with Crippen molar-refractivity contribution < 1.29 is 18.7 Å². The summed E-state index contributed by atoms with van der Waals surface area (Å²) in [5.74, 6) is -0.636. The van der Waals surface area contributed by atoms with Crippen LogP contribution in [0.2, 0.25) is 0 Å². The fourth-order valence-electron chi connectivity index (χ4n) is 4.14. The van der Waals surface area contributed by atoms with Gasteiger partial charge in [0.05, 0.1) is 5.54 Å². The number of hydrogen-bond donors (Lipinski definition) is 2. The van der Waals surface area contributed by atoms with Crippen molar-refractivity contribution in [1.82, 2.24) is 15.5 Å². The SMILES string of the molecule is COCCC1(NC(=O)c2ccc(F)cc2)CCN(C(=O)NC2CCCCC2)C1. The van der Waals surface area contributed by atoms with Crippen LogP contribution in [0.1, 0.15) is 55.3 Å². The maximum absolute atomic E-state index is 13.1. The fraction of sp³-hybridized carbons (Fsp3) is 0.619. The van der Waals surface area contributed by atoms with Crippen LogP contribution in [0.25, 0.3) is 0 Å². The van der Waals surface area contributed by atoms with E-state index >= 15 is 0 Å². The summed E-state index contributed by atoms with van der Waals surface area (Å²) in [5.41, 5.74) is -0.130. The monoisotopic (exact) mass is 391 g/mol. The lowest BCUT2D eigenvalue weighted by atomic mass is 9.94. The molecular weight excluding hydrogens is 361 g/mol. The van der Waals surface area contributed by atoms with Crippen LogP contribution in [0.4, 0.5) is 9.18 Å². The average molecular weight is 391 g/mol. The molecule has 0 radical (unpaired) electrons. The molecule has 1 aromatic carbocycles. The molecule has 1 unspecified atom stereocenters. The molecule has 1 saturated heterocycles. The first-order chi connectivity index (χ1) is 13.5. The number of nitrogens with one attached hydrogen (secondary N) is 2. The molecule has 2 N–H and O–H groups in total. The zero-order valence-corrected chi connectivity index (χ0v) is 16.5. The van der Waals surface area contributed by atoms with E-state index in [9.17, 15) is 14.0 Å². The zero-order valence-electron chi connectivity index (χ0n) is 16.5. The number of nitrogens with zero attached hydrogens (tertiary/aromatic N) is 1. The van der Waals surface area contributed by atoms with Crippen LogP contribution in [0.5, 0.6) is 0 Å². The first-order valence-electron chi connectivity index (χ1n) is 10.1. The Hall–Kier alpha value is -2.15. The Kier molecular flexibility index (Phi) is 6.88. The van der Waals surface area contributed by atoms with E-state index in [4.69, 9.17) is 4.74 Å². The topological polar surface area (TPSA) is 70.7 Å². The van der Waals surface area contributed by atoms with Crippen molar-refractivity contribution in [2.24, 2.45) is 0 Å². The van der Waals surface area contributed by atoms with Gasteiger partial charge in [-0.3, -0.25) is 4.79 Å². The van der Waals surface area contributed by atoms with Crippen LogP contribution in [0, 0.1) is 5.82 Å². The maximum Gasteiger partial charge on any atom is 0.317 e. The predicted molar refractivity (Wildman–Crippen MR) is 105 cm³/mol. The predicted octanol–water partition coefficient (Wildman–Crippen LogP) is 3.08. The lowest BCUT2D eigenvalue weighted by Gasteiger charge is -2.31. The number of ether oxygens (including phenoxy) is 1. The third-order valence-corrected chi connectivity index (χ3v) is 5.84. The summed E-state index contributed by atoms with van der Waals surface area (Å²) in [5, 5.41) is 6.24. The van der Waals surface area contributed by atoms with Gasteiger partial charge in [0.1, 0.15) is 5.82 Å². The highest BCUT2D eigenvalue weighted by Crippen LogP contribution is 2.26. The van der Waals surface area contributed by atoms with E-state index in [1.165, 1.54) is 30.7 Å². The van der Waals surface area contributed by atoms with Crippen LogP contribution < -0.4 is 10.6 Å².